The van der Waals surface area contributed by atoms with Crippen LogP contribution in [0.2, 0.25) is 0 Å². The van der Waals surface area contributed by atoms with E-state index < -0.39 is 0 Å². The van der Waals surface area contributed by atoms with Gasteiger partial charge in [0.05, 0.1) is 10.9 Å². The van der Waals surface area contributed by atoms with Gasteiger partial charge in [-0.1, -0.05) is 11.8 Å². The molecule has 3 rings (SSSR count). The number of aryl methyl sites for hydroxylation is 1. The minimum Gasteiger partial charge on any atom is -0.284 e. The molecule has 0 saturated heterocycles. The molecular weight excluding hydrogens is 324 g/mol. The Labute approximate surface area is 124 Å². The van der Waals surface area contributed by atoms with E-state index in [0.717, 1.165) is 38.9 Å². The van der Waals surface area contributed by atoms with Gasteiger partial charge in [-0.05, 0) is 66.1 Å². The van der Waals surface area contributed by atoms with Crippen LogP contribution in [-0.2, 0) is 0 Å². The number of hydrogen-bond acceptors (Lipinski definition) is 3. The van der Waals surface area contributed by atoms with E-state index >= 15 is 0 Å². The van der Waals surface area contributed by atoms with Crippen molar-refractivity contribution < 1.29 is 0 Å². The molecule has 0 atom stereocenters. The molecular formula is C14H15BrN2OS. The van der Waals surface area contributed by atoms with Gasteiger partial charge < -0.3 is 0 Å². The van der Waals surface area contributed by atoms with Gasteiger partial charge in [0.1, 0.15) is 0 Å². The van der Waals surface area contributed by atoms with Crippen molar-refractivity contribution in [2.24, 2.45) is 0 Å². The summed E-state index contributed by atoms with van der Waals surface area (Å²) < 4.78 is 2.79. The summed E-state index contributed by atoms with van der Waals surface area (Å²) in [6, 6.07) is 4.28. The van der Waals surface area contributed by atoms with Crippen LogP contribution in [0.25, 0.3) is 10.9 Å². The molecule has 1 saturated carbocycles. The standard InChI is InChI=1S/C14H15BrN2OS/c1-8-6-10-12(11(15)7-8)16-14(19-2)17(13(10)18)9-4-3-5-9/h6-7,9H,3-5H2,1-2H3. The van der Waals surface area contributed by atoms with Crippen LogP contribution in [0.15, 0.2) is 26.6 Å². The minimum atomic E-state index is 0.100. The van der Waals surface area contributed by atoms with Gasteiger partial charge >= 0.3 is 0 Å². The summed E-state index contributed by atoms with van der Waals surface area (Å²) >= 11 is 5.06. The highest BCUT2D eigenvalue weighted by Crippen LogP contribution is 2.34. The highest BCUT2D eigenvalue weighted by Gasteiger charge is 2.24. The van der Waals surface area contributed by atoms with Crippen molar-refractivity contribution >= 4 is 38.6 Å². The number of rotatable bonds is 2. The summed E-state index contributed by atoms with van der Waals surface area (Å²) in [5.74, 6) is 0. The summed E-state index contributed by atoms with van der Waals surface area (Å²) in [7, 11) is 0. The summed E-state index contributed by atoms with van der Waals surface area (Å²) in [4.78, 5) is 17.4. The summed E-state index contributed by atoms with van der Waals surface area (Å²) in [5.41, 5.74) is 1.95. The Hall–Kier alpha value is -0.810. The number of benzene rings is 1. The van der Waals surface area contributed by atoms with Gasteiger partial charge in [0.2, 0.25) is 0 Å². The first-order valence-corrected chi connectivity index (χ1v) is 8.40. The molecule has 0 amide bonds. The van der Waals surface area contributed by atoms with E-state index in [4.69, 9.17) is 0 Å². The number of hydrogen-bond donors (Lipinski definition) is 0. The fraction of sp³-hybridized carbons (Fsp3) is 0.429. The normalized spacial score (nSPS) is 15.7. The average molecular weight is 339 g/mol. The predicted molar refractivity (Wildman–Crippen MR) is 83.1 cm³/mol. The lowest BCUT2D eigenvalue weighted by Gasteiger charge is -2.29. The second-order valence-corrected chi connectivity index (χ2v) is 6.63. The Kier molecular flexibility index (Phi) is 3.43. The number of aromatic nitrogens is 2. The second-order valence-electron chi connectivity index (χ2n) is 5.00. The molecule has 1 aliphatic rings. The fourth-order valence-electron chi connectivity index (χ4n) is 2.49. The van der Waals surface area contributed by atoms with E-state index in [2.05, 4.69) is 20.9 Å². The molecule has 100 valence electrons. The SMILES string of the molecule is CSc1nc2c(Br)cc(C)cc2c(=O)n1C1CCC1. The van der Waals surface area contributed by atoms with E-state index in [9.17, 15) is 4.79 Å². The van der Waals surface area contributed by atoms with Gasteiger partial charge in [-0.2, -0.15) is 0 Å². The predicted octanol–water partition coefficient (Wildman–Crippen LogP) is 3.91. The van der Waals surface area contributed by atoms with Crippen LogP contribution in [0.5, 0.6) is 0 Å². The number of fused-ring (bicyclic) bond motifs is 1. The quantitative estimate of drug-likeness (QED) is 0.615. The molecule has 0 unspecified atom stereocenters. The van der Waals surface area contributed by atoms with Crippen molar-refractivity contribution in [3.8, 4) is 0 Å². The summed E-state index contributed by atoms with van der Waals surface area (Å²) in [6.45, 7) is 2.00. The van der Waals surface area contributed by atoms with Crippen molar-refractivity contribution in [1.82, 2.24) is 9.55 Å². The molecule has 2 aromatic rings. The molecule has 1 aromatic carbocycles. The summed E-state index contributed by atoms with van der Waals surface area (Å²) in [6.07, 6.45) is 5.37. The zero-order valence-corrected chi connectivity index (χ0v) is 13.3. The molecule has 1 aromatic heterocycles. The van der Waals surface area contributed by atoms with E-state index in [1.807, 2.05) is 29.9 Å². The van der Waals surface area contributed by atoms with Crippen molar-refractivity contribution in [2.75, 3.05) is 6.26 Å². The maximum Gasteiger partial charge on any atom is 0.262 e. The largest absolute Gasteiger partial charge is 0.284 e. The third-order valence-electron chi connectivity index (χ3n) is 3.69. The molecule has 0 spiro atoms. The molecule has 0 bridgehead atoms. The maximum absolute atomic E-state index is 12.7. The van der Waals surface area contributed by atoms with Crippen LogP contribution in [0, 0.1) is 6.92 Å². The maximum atomic E-state index is 12.7. The summed E-state index contributed by atoms with van der Waals surface area (Å²) in [5, 5.41) is 1.54. The van der Waals surface area contributed by atoms with Crippen LogP contribution in [0.4, 0.5) is 0 Å². The molecule has 5 heteroatoms. The van der Waals surface area contributed by atoms with E-state index in [1.54, 1.807) is 11.8 Å². The van der Waals surface area contributed by atoms with Gasteiger partial charge in [-0.3, -0.25) is 9.36 Å². The van der Waals surface area contributed by atoms with E-state index in [-0.39, 0.29) is 5.56 Å². The lowest BCUT2D eigenvalue weighted by molar-refractivity contribution is 0.286. The Morgan fingerprint density at radius 3 is 2.74 bits per heavy atom. The number of thioether (sulfide) groups is 1. The molecule has 0 N–H and O–H groups in total. The van der Waals surface area contributed by atoms with E-state index in [0.29, 0.717) is 6.04 Å². The second kappa shape index (κ2) is 4.94. The Balaban J connectivity index is 2.36. The first-order valence-electron chi connectivity index (χ1n) is 6.38. The molecule has 1 aliphatic carbocycles. The van der Waals surface area contributed by atoms with Crippen LogP contribution >= 0.6 is 27.7 Å². The highest BCUT2D eigenvalue weighted by atomic mass is 79.9. The first-order chi connectivity index (χ1) is 9.11. The zero-order valence-electron chi connectivity index (χ0n) is 10.9. The highest BCUT2D eigenvalue weighted by molar-refractivity contribution is 9.10. The molecule has 0 radical (unpaired) electrons. The van der Waals surface area contributed by atoms with Gasteiger partial charge in [-0.15, -0.1) is 0 Å². The Morgan fingerprint density at radius 1 is 1.42 bits per heavy atom. The van der Waals surface area contributed by atoms with Gasteiger partial charge in [-0.25, -0.2) is 4.98 Å². The lowest BCUT2D eigenvalue weighted by Crippen LogP contribution is -2.31. The van der Waals surface area contributed by atoms with Gasteiger partial charge in [0.25, 0.3) is 5.56 Å². The number of halogens is 1. The van der Waals surface area contributed by atoms with E-state index in [1.165, 1.54) is 6.42 Å². The molecule has 1 fully saturated rings. The van der Waals surface area contributed by atoms with Gasteiger partial charge in [0.15, 0.2) is 5.16 Å². The zero-order chi connectivity index (χ0) is 13.6. The van der Waals surface area contributed by atoms with Crippen molar-refractivity contribution in [1.29, 1.82) is 0 Å². The smallest absolute Gasteiger partial charge is 0.262 e. The molecule has 1 heterocycles. The van der Waals surface area contributed by atoms with Crippen molar-refractivity contribution in [2.45, 2.75) is 37.4 Å². The first kappa shape index (κ1) is 13.2. The molecule has 19 heavy (non-hydrogen) atoms. The van der Waals surface area contributed by atoms with Crippen LogP contribution in [0.3, 0.4) is 0 Å². The molecule has 0 aliphatic heterocycles. The molecule has 3 nitrogen and oxygen atoms in total. The topological polar surface area (TPSA) is 34.9 Å². The lowest BCUT2D eigenvalue weighted by atomic mass is 9.93. The monoisotopic (exact) mass is 338 g/mol. The third kappa shape index (κ3) is 2.13. The third-order valence-corrected chi connectivity index (χ3v) is 4.95. The fourth-order valence-corrected chi connectivity index (χ4v) is 3.76. The Bertz CT molecular complexity index is 707. The average Bonchev–Trinajstić information content (AvgIpc) is 2.31. The Morgan fingerprint density at radius 2 is 2.16 bits per heavy atom. The number of nitrogens with zero attached hydrogens (tertiary/aromatic N) is 2. The minimum absolute atomic E-state index is 0.100. The van der Waals surface area contributed by atoms with Crippen LogP contribution in [-0.4, -0.2) is 15.8 Å². The van der Waals surface area contributed by atoms with Crippen LogP contribution in [0.1, 0.15) is 30.9 Å². The van der Waals surface area contributed by atoms with Crippen molar-refractivity contribution in [3.63, 3.8) is 0 Å². The van der Waals surface area contributed by atoms with Crippen molar-refractivity contribution in [3.05, 3.63) is 32.5 Å². The van der Waals surface area contributed by atoms with Gasteiger partial charge in [0, 0.05) is 10.5 Å². The van der Waals surface area contributed by atoms with Crippen LogP contribution < -0.4 is 5.56 Å².